The van der Waals surface area contributed by atoms with Gasteiger partial charge in [-0.05, 0) is 74.0 Å². The molecule has 0 bridgehead atoms. The van der Waals surface area contributed by atoms with Crippen LogP contribution in [0.3, 0.4) is 0 Å². The van der Waals surface area contributed by atoms with Crippen LogP contribution in [0.1, 0.15) is 82.6 Å². The average molecular weight is 401 g/mol. The highest BCUT2D eigenvalue weighted by Gasteiger charge is 2.26. The summed E-state index contributed by atoms with van der Waals surface area (Å²) in [6.45, 7) is 3.59. The van der Waals surface area contributed by atoms with Crippen molar-refractivity contribution in [2.24, 2.45) is 17.8 Å². The highest BCUT2D eigenvalue weighted by molar-refractivity contribution is 5.71. The van der Waals surface area contributed by atoms with Crippen LogP contribution in [0.5, 0.6) is 0 Å². The second-order valence-corrected chi connectivity index (χ2v) is 9.25. The summed E-state index contributed by atoms with van der Waals surface area (Å²) in [5.41, 5.74) is 1.26. The third kappa shape index (κ3) is 7.60. The molecule has 0 aromatic heterocycles. The number of esters is 1. The molecule has 0 saturated heterocycles. The van der Waals surface area contributed by atoms with E-state index in [-0.39, 0.29) is 17.9 Å². The Morgan fingerprint density at radius 2 is 1.41 bits per heavy atom. The molecule has 0 aliphatic heterocycles. The molecule has 2 aliphatic carbocycles. The van der Waals surface area contributed by atoms with Gasteiger partial charge in [-0.1, -0.05) is 56.7 Å². The highest BCUT2D eigenvalue weighted by atomic mass is 19.1. The number of aryl methyl sites for hydroxylation is 1. The molecule has 2 nitrogen and oxygen atoms in total. The number of rotatable bonds is 9. The van der Waals surface area contributed by atoms with Gasteiger partial charge in [-0.25, -0.2) is 4.39 Å². The molecular formula is C26H37FO2. The second-order valence-electron chi connectivity index (χ2n) is 9.25. The standard InChI is InChI=1S/C26H37FO2/c1-2-3-26(28)29-25-18-14-23(15-19-25)11-9-21-6-4-20(5-7-21)8-10-22-12-16-24(27)17-13-22/h2,12-13,16-17,20-21,23,25H,1,3-11,14-15,18-19H2. The Balaban J connectivity index is 1.26. The first-order chi connectivity index (χ1) is 14.1. The predicted molar refractivity (Wildman–Crippen MR) is 116 cm³/mol. The molecule has 29 heavy (non-hydrogen) atoms. The van der Waals surface area contributed by atoms with Gasteiger partial charge in [0, 0.05) is 0 Å². The van der Waals surface area contributed by atoms with E-state index in [1.165, 1.54) is 63.4 Å². The molecule has 1 aromatic carbocycles. The van der Waals surface area contributed by atoms with Gasteiger partial charge >= 0.3 is 5.97 Å². The first-order valence-electron chi connectivity index (χ1n) is 11.7. The van der Waals surface area contributed by atoms with Crippen molar-refractivity contribution in [1.29, 1.82) is 0 Å². The van der Waals surface area contributed by atoms with Crippen molar-refractivity contribution in [3.63, 3.8) is 0 Å². The largest absolute Gasteiger partial charge is 0.462 e. The Bertz CT molecular complexity index is 623. The highest BCUT2D eigenvalue weighted by Crippen LogP contribution is 2.37. The third-order valence-corrected chi connectivity index (χ3v) is 7.11. The topological polar surface area (TPSA) is 26.3 Å². The predicted octanol–water partition coefficient (Wildman–Crippen LogP) is 7.02. The van der Waals surface area contributed by atoms with Crippen LogP contribution in [0.4, 0.5) is 4.39 Å². The maximum Gasteiger partial charge on any atom is 0.309 e. The van der Waals surface area contributed by atoms with Crippen molar-refractivity contribution < 1.29 is 13.9 Å². The number of hydrogen-bond donors (Lipinski definition) is 0. The van der Waals surface area contributed by atoms with Gasteiger partial charge in [0.25, 0.3) is 0 Å². The van der Waals surface area contributed by atoms with Crippen LogP contribution < -0.4 is 0 Å². The lowest BCUT2D eigenvalue weighted by molar-refractivity contribution is -0.149. The summed E-state index contributed by atoms with van der Waals surface area (Å²) in [7, 11) is 0. The summed E-state index contributed by atoms with van der Waals surface area (Å²) < 4.78 is 18.5. The monoisotopic (exact) mass is 400 g/mol. The number of hydrogen-bond acceptors (Lipinski definition) is 2. The van der Waals surface area contributed by atoms with E-state index in [4.69, 9.17) is 4.74 Å². The fourth-order valence-corrected chi connectivity index (χ4v) is 5.19. The van der Waals surface area contributed by atoms with Crippen LogP contribution in [-0.4, -0.2) is 12.1 Å². The van der Waals surface area contributed by atoms with E-state index in [1.54, 1.807) is 18.2 Å². The molecule has 0 amide bonds. The van der Waals surface area contributed by atoms with Gasteiger partial charge in [-0.2, -0.15) is 0 Å². The van der Waals surface area contributed by atoms with Crippen molar-refractivity contribution >= 4 is 5.97 Å². The van der Waals surface area contributed by atoms with Crippen LogP contribution in [0, 0.1) is 23.6 Å². The van der Waals surface area contributed by atoms with Crippen LogP contribution in [0.15, 0.2) is 36.9 Å². The Kier molecular flexibility index (Phi) is 8.76. The molecule has 0 atom stereocenters. The van der Waals surface area contributed by atoms with Gasteiger partial charge < -0.3 is 4.74 Å². The Hall–Kier alpha value is -1.64. The summed E-state index contributed by atoms with van der Waals surface area (Å²) in [6, 6.07) is 7.00. The molecule has 3 rings (SSSR count). The zero-order chi connectivity index (χ0) is 20.5. The molecule has 3 heteroatoms. The van der Waals surface area contributed by atoms with E-state index in [9.17, 15) is 9.18 Å². The van der Waals surface area contributed by atoms with Crippen molar-refractivity contribution in [3.8, 4) is 0 Å². The molecule has 0 heterocycles. The SMILES string of the molecule is C=CCC(=O)OC1CCC(CCC2CCC(CCc3ccc(F)cc3)CC2)CC1. The molecule has 1 aromatic rings. The molecule has 160 valence electrons. The van der Waals surface area contributed by atoms with Gasteiger partial charge in [0.05, 0.1) is 6.42 Å². The molecular weight excluding hydrogens is 363 g/mol. The normalized spacial score (nSPS) is 27.3. The summed E-state index contributed by atoms with van der Waals surface area (Å²) in [4.78, 5) is 11.6. The summed E-state index contributed by atoms with van der Waals surface area (Å²) >= 11 is 0. The fraction of sp³-hybridized carbons (Fsp3) is 0.654. The van der Waals surface area contributed by atoms with Gasteiger partial charge in [0.1, 0.15) is 11.9 Å². The second kappa shape index (κ2) is 11.5. The van der Waals surface area contributed by atoms with Gasteiger partial charge in [0.2, 0.25) is 0 Å². The van der Waals surface area contributed by atoms with Crippen LogP contribution in [-0.2, 0) is 16.0 Å². The quantitative estimate of drug-likeness (QED) is 0.329. The lowest BCUT2D eigenvalue weighted by Gasteiger charge is -2.32. The van der Waals surface area contributed by atoms with Crippen LogP contribution in [0.2, 0.25) is 0 Å². The molecule has 0 spiro atoms. The third-order valence-electron chi connectivity index (χ3n) is 7.11. The van der Waals surface area contributed by atoms with E-state index >= 15 is 0 Å². The molecule has 2 aliphatic rings. The molecule has 2 saturated carbocycles. The van der Waals surface area contributed by atoms with E-state index < -0.39 is 0 Å². The van der Waals surface area contributed by atoms with Crippen LogP contribution >= 0.6 is 0 Å². The van der Waals surface area contributed by atoms with Crippen molar-refractivity contribution in [3.05, 3.63) is 48.3 Å². The van der Waals surface area contributed by atoms with E-state index in [1.807, 2.05) is 12.1 Å². The number of carbonyl (C=O) groups excluding carboxylic acids is 1. The Morgan fingerprint density at radius 1 is 0.897 bits per heavy atom. The maximum absolute atomic E-state index is 13.0. The van der Waals surface area contributed by atoms with E-state index in [2.05, 4.69) is 6.58 Å². The maximum atomic E-state index is 13.0. The molecule has 0 radical (unpaired) electrons. The lowest BCUT2D eigenvalue weighted by Crippen LogP contribution is -2.24. The summed E-state index contributed by atoms with van der Waals surface area (Å²) in [6.07, 6.45) is 17.1. The minimum atomic E-state index is -0.142. The minimum absolute atomic E-state index is 0.125. The van der Waals surface area contributed by atoms with Gasteiger partial charge in [-0.15, -0.1) is 6.58 Å². The summed E-state index contributed by atoms with van der Waals surface area (Å²) in [5, 5.41) is 0. The minimum Gasteiger partial charge on any atom is -0.462 e. The first kappa shape index (κ1) is 22.1. The fourth-order valence-electron chi connectivity index (χ4n) is 5.19. The number of ether oxygens (including phenoxy) is 1. The zero-order valence-electron chi connectivity index (χ0n) is 17.8. The summed E-state index contributed by atoms with van der Waals surface area (Å²) in [5.74, 6) is 2.30. The molecule has 2 fully saturated rings. The van der Waals surface area contributed by atoms with Gasteiger partial charge in [-0.3, -0.25) is 4.79 Å². The first-order valence-corrected chi connectivity index (χ1v) is 11.7. The number of halogens is 1. The number of carbonyl (C=O) groups is 1. The zero-order valence-corrected chi connectivity index (χ0v) is 17.8. The van der Waals surface area contributed by atoms with Gasteiger partial charge in [0.15, 0.2) is 0 Å². The van der Waals surface area contributed by atoms with E-state index in [0.29, 0.717) is 6.42 Å². The van der Waals surface area contributed by atoms with Crippen molar-refractivity contribution in [2.75, 3.05) is 0 Å². The van der Waals surface area contributed by atoms with E-state index in [0.717, 1.165) is 37.0 Å². The number of benzene rings is 1. The smallest absolute Gasteiger partial charge is 0.309 e. The average Bonchev–Trinajstić information content (AvgIpc) is 2.74. The molecule has 0 unspecified atom stereocenters. The lowest BCUT2D eigenvalue weighted by atomic mass is 9.75. The Morgan fingerprint density at radius 3 is 1.97 bits per heavy atom. The van der Waals surface area contributed by atoms with Crippen LogP contribution in [0.25, 0.3) is 0 Å². The van der Waals surface area contributed by atoms with Crippen molar-refractivity contribution in [2.45, 2.75) is 89.6 Å². The van der Waals surface area contributed by atoms with Crippen molar-refractivity contribution in [1.82, 2.24) is 0 Å². The molecule has 0 N–H and O–H groups in total. The Labute approximate surface area is 175 Å².